The van der Waals surface area contributed by atoms with Gasteiger partial charge in [0.2, 0.25) is 0 Å². The number of imide groups is 1. The molecule has 7 nitrogen and oxygen atoms in total. The number of urea groups is 1. The molecule has 2 aliphatic heterocycles. The van der Waals surface area contributed by atoms with Gasteiger partial charge in [-0.1, -0.05) is 69.4 Å². The van der Waals surface area contributed by atoms with E-state index in [4.69, 9.17) is 0 Å². The largest absolute Gasteiger partial charge is 0.356 e. The zero-order chi connectivity index (χ0) is 25.3. The van der Waals surface area contributed by atoms with E-state index in [1.54, 1.807) is 29.2 Å². The van der Waals surface area contributed by atoms with Crippen LogP contribution >= 0.6 is 0 Å². The number of hydrogen-bond acceptors (Lipinski definition) is 3. The molecule has 0 bridgehead atoms. The lowest BCUT2D eigenvalue weighted by Gasteiger charge is -2.35. The van der Waals surface area contributed by atoms with E-state index in [-0.39, 0.29) is 17.8 Å². The molecule has 0 radical (unpaired) electrons. The van der Waals surface area contributed by atoms with Crippen LogP contribution in [0.3, 0.4) is 0 Å². The molecule has 188 valence electrons. The number of rotatable bonds is 9. The van der Waals surface area contributed by atoms with Crippen LogP contribution in [0.1, 0.15) is 74.0 Å². The van der Waals surface area contributed by atoms with E-state index in [0.717, 1.165) is 35.0 Å². The van der Waals surface area contributed by atoms with Crippen molar-refractivity contribution >= 4 is 34.4 Å². The molecule has 7 heteroatoms. The van der Waals surface area contributed by atoms with Crippen LogP contribution in [0.2, 0.25) is 0 Å². The predicted molar refractivity (Wildman–Crippen MR) is 141 cm³/mol. The van der Waals surface area contributed by atoms with Crippen molar-refractivity contribution in [2.75, 3.05) is 18.0 Å². The van der Waals surface area contributed by atoms with Crippen molar-refractivity contribution in [1.82, 2.24) is 15.2 Å². The molecule has 3 heterocycles. The minimum Gasteiger partial charge on any atom is -0.356 e. The first-order chi connectivity index (χ1) is 17.5. The van der Waals surface area contributed by atoms with Gasteiger partial charge in [-0.05, 0) is 43.5 Å². The quantitative estimate of drug-likeness (QED) is 0.309. The first-order valence-electron chi connectivity index (χ1n) is 13.1. The third kappa shape index (κ3) is 3.87. The minimum absolute atomic E-state index is 0.263. The predicted octanol–water partition coefficient (Wildman–Crippen LogP) is 5.50. The van der Waals surface area contributed by atoms with Crippen LogP contribution in [0, 0.1) is 0 Å². The lowest BCUT2D eigenvalue weighted by Crippen LogP contribution is -2.49. The number of carbonyl (C=O) groups excluding carboxylic acids is 3. The Bertz CT molecular complexity index is 1310. The topological polar surface area (TPSA) is 85.5 Å². The highest BCUT2D eigenvalue weighted by Crippen LogP contribution is 2.45. The number of nitrogens with one attached hydrogen (secondary N) is 2. The highest BCUT2D eigenvalue weighted by atomic mass is 16.2. The molecule has 1 saturated heterocycles. The number of unbranched alkanes of at least 4 members (excludes halogenated alkanes) is 5. The fourth-order valence-corrected chi connectivity index (χ4v) is 5.67. The van der Waals surface area contributed by atoms with E-state index >= 15 is 0 Å². The molecule has 4 amide bonds. The molecule has 2 aromatic carbocycles. The molecule has 0 aliphatic carbocycles. The summed E-state index contributed by atoms with van der Waals surface area (Å²) in [7, 11) is 0. The molecule has 0 unspecified atom stereocenters. The first-order valence-corrected chi connectivity index (χ1v) is 13.1. The number of H-pyrrole nitrogens is 1. The summed E-state index contributed by atoms with van der Waals surface area (Å²) in [5.41, 5.74) is 2.33. The number of nitrogens with zero attached hydrogens (tertiary/aromatic N) is 2. The number of aromatic amines is 1. The van der Waals surface area contributed by atoms with E-state index in [1.807, 2.05) is 31.2 Å². The summed E-state index contributed by atoms with van der Waals surface area (Å²) in [5.74, 6) is -0.600. The van der Waals surface area contributed by atoms with Gasteiger partial charge in [-0.15, -0.1) is 0 Å². The van der Waals surface area contributed by atoms with Crippen molar-refractivity contribution in [3.8, 4) is 0 Å². The zero-order valence-electron chi connectivity index (χ0n) is 21.1. The van der Waals surface area contributed by atoms with Crippen molar-refractivity contribution in [2.45, 2.75) is 64.3 Å². The molecule has 5 rings (SSSR count). The SMILES string of the molecule is CCCCCCCCNC(=O)c1ccccc1N1C(=O)N2CCc3c([nH]c4ccccc34)[C@@]2(C)C1=O. The number of anilines is 1. The van der Waals surface area contributed by atoms with Gasteiger partial charge in [0.25, 0.3) is 11.8 Å². The molecule has 36 heavy (non-hydrogen) atoms. The fraction of sp³-hybridized carbons (Fsp3) is 0.414. The third-order valence-corrected chi connectivity index (χ3v) is 7.67. The molecule has 2 aliphatic rings. The molecular weight excluding hydrogens is 452 g/mol. The molecular formula is C29H34N4O3. The Morgan fingerprint density at radius 1 is 1.00 bits per heavy atom. The van der Waals surface area contributed by atoms with Crippen molar-refractivity contribution in [1.29, 1.82) is 0 Å². The van der Waals surface area contributed by atoms with Crippen molar-refractivity contribution in [3.05, 3.63) is 65.4 Å². The maximum absolute atomic E-state index is 14.0. The van der Waals surface area contributed by atoms with Gasteiger partial charge >= 0.3 is 6.03 Å². The molecule has 1 fully saturated rings. The highest BCUT2D eigenvalue weighted by molar-refractivity contribution is 6.25. The van der Waals surface area contributed by atoms with Crippen LogP contribution in [0.25, 0.3) is 10.9 Å². The van der Waals surface area contributed by atoms with E-state index in [9.17, 15) is 14.4 Å². The fourth-order valence-electron chi connectivity index (χ4n) is 5.67. The van der Waals surface area contributed by atoms with Gasteiger partial charge in [0.15, 0.2) is 5.54 Å². The third-order valence-electron chi connectivity index (χ3n) is 7.67. The monoisotopic (exact) mass is 486 g/mol. The molecule has 0 spiro atoms. The number of benzene rings is 2. The molecule has 1 atom stereocenters. The zero-order valence-corrected chi connectivity index (χ0v) is 21.1. The van der Waals surface area contributed by atoms with Gasteiger partial charge in [-0.2, -0.15) is 0 Å². The lowest BCUT2D eigenvalue weighted by molar-refractivity contribution is -0.125. The summed E-state index contributed by atoms with van der Waals surface area (Å²) in [6.07, 6.45) is 7.50. The minimum atomic E-state index is -1.15. The summed E-state index contributed by atoms with van der Waals surface area (Å²) in [6, 6.07) is 14.5. The van der Waals surface area contributed by atoms with Crippen LogP contribution in [0.15, 0.2) is 48.5 Å². The Labute approximate surface area is 211 Å². The van der Waals surface area contributed by atoms with E-state index in [2.05, 4.69) is 17.2 Å². The van der Waals surface area contributed by atoms with Gasteiger partial charge in [-0.25, -0.2) is 9.69 Å². The van der Waals surface area contributed by atoms with Crippen LogP contribution in [-0.4, -0.2) is 40.8 Å². The van der Waals surface area contributed by atoms with Crippen LogP contribution in [0.5, 0.6) is 0 Å². The van der Waals surface area contributed by atoms with Crippen LogP contribution in [0.4, 0.5) is 10.5 Å². The normalized spacial score (nSPS) is 19.1. The number of para-hydroxylation sites is 2. The van der Waals surface area contributed by atoms with Gasteiger partial charge in [0.05, 0.1) is 16.9 Å². The maximum Gasteiger partial charge on any atom is 0.332 e. The Morgan fingerprint density at radius 2 is 1.72 bits per heavy atom. The number of fused-ring (bicyclic) bond motifs is 5. The van der Waals surface area contributed by atoms with Crippen molar-refractivity contribution < 1.29 is 14.4 Å². The summed E-state index contributed by atoms with van der Waals surface area (Å²) < 4.78 is 0. The molecule has 2 N–H and O–H groups in total. The Balaban J connectivity index is 1.39. The summed E-state index contributed by atoms with van der Waals surface area (Å²) >= 11 is 0. The lowest BCUT2D eigenvalue weighted by atomic mass is 9.87. The maximum atomic E-state index is 14.0. The Hall–Kier alpha value is -3.61. The van der Waals surface area contributed by atoms with Crippen molar-refractivity contribution in [3.63, 3.8) is 0 Å². The molecule has 1 aromatic heterocycles. The number of aromatic nitrogens is 1. The van der Waals surface area contributed by atoms with E-state index < -0.39 is 5.54 Å². The average Bonchev–Trinajstić information content (AvgIpc) is 3.37. The van der Waals surface area contributed by atoms with E-state index in [0.29, 0.717) is 30.8 Å². The smallest absolute Gasteiger partial charge is 0.332 e. The van der Waals surface area contributed by atoms with Gasteiger partial charge in [0, 0.05) is 24.0 Å². The second-order valence-corrected chi connectivity index (χ2v) is 9.96. The van der Waals surface area contributed by atoms with E-state index in [1.165, 1.54) is 30.6 Å². The van der Waals surface area contributed by atoms with Gasteiger partial charge in [-0.3, -0.25) is 9.59 Å². The Kier molecular flexibility index (Phi) is 6.56. The summed E-state index contributed by atoms with van der Waals surface area (Å²) in [5, 5.41) is 4.07. The second kappa shape index (κ2) is 9.80. The number of carbonyl (C=O) groups is 3. The van der Waals surface area contributed by atoms with Crippen molar-refractivity contribution in [2.24, 2.45) is 0 Å². The second-order valence-electron chi connectivity index (χ2n) is 9.96. The van der Waals surface area contributed by atoms with Gasteiger partial charge in [0.1, 0.15) is 0 Å². The van der Waals surface area contributed by atoms with Gasteiger partial charge < -0.3 is 15.2 Å². The highest BCUT2D eigenvalue weighted by Gasteiger charge is 2.59. The summed E-state index contributed by atoms with van der Waals surface area (Å²) in [6.45, 7) is 5.02. The molecule has 3 aromatic rings. The first kappa shape index (κ1) is 24.1. The Morgan fingerprint density at radius 3 is 2.56 bits per heavy atom. The summed E-state index contributed by atoms with van der Waals surface area (Å²) in [4.78, 5) is 47.0. The van der Waals surface area contributed by atoms with Crippen LogP contribution in [-0.2, 0) is 16.8 Å². The number of amides is 4. The standard InChI is InChI=1S/C29H34N4O3/c1-3-4-5-6-7-12-18-30-26(34)22-14-9-11-16-24(22)33-27(35)29(2)25-21(17-19-32(29)28(33)36)20-13-8-10-15-23(20)31-25/h8-11,13-16,31H,3-7,12,17-19H2,1-2H3,(H,30,34)/t29-/m0/s1. The van der Waals surface area contributed by atoms with Crippen LogP contribution < -0.4 is 10.2 Å². The molecule has 0 saturated carbocycles. The number of hydrogen-bond donors (Lipinski definition) is 2. The average molecular weight is 487 g/mol.